The number of benzene rings is 1. The van der Waals surface area contributed by atoms with Crippen molar-refractivity contribution >= 4 is 27.6 Å². The maximum Gasteiger partial charge on any atom is 0.303 e. The van der Waals surface area contributed by atoms with Crippen LogP contribution in [0.3, 0.4) is 0 Å². The normalized spacial score (nSPS) is 12.0. The van der Waals surface area contributed by atoms with E-state index >= 15 is 0 Å². The molecule has 1 aromatic carbocycles. The van der Waals surface area contributed by atoms with Crippen LogP contribution in [0.15, 0.2) is 22.7 Å². The summed E-state index contributed by atoms with van der Waals surface area (Å²) < 4.78 is 0.926. The second-order valence-electron chi connectivity index (χ2n) is 5.45. The first kappa shape index (κ1) is 17.5. The SMILES string of the molecule is CC(C)C(CCNc1cc(Br)ccc1C#N)CCC(=O)O. The molecule has 0 aromatic heterocycles. The summed E-state index contributed by atoms with van der Waals surface area (Å²) in [6.45, 7) is 4.96. The van der Waals surface area contributed by atoms with Crippen LogP contribution in [0, 0.1) is 23.2 Å². The van der Waals surface area contributed by atoms with E-state index in [1.54, 1.807) is 6.07 Å². The van der Waals surface area contributed by atoms with Crippen LogP contribution in [0.5, 0.6) is 0 Å². The van der Waals surface area contributed by atoms with Crippen molar-refractivity contribution in [3.8, 4) is 6.07 Å². The maximum atomic E-state index is 10.7. The van der Waals surface area contributed by atoms with Crippen molar-refractivity contribution in [2.75, 3.05) is 11.9 Å². The van der Waals surface area contributed by atoms with Crippen molar-refractivity contribution in [1.82, 2.24) is 0 Å². The highest BCUT2D eigenvalue weighted by atomic mass is 79.9. The van der Waals surface area contributed by atoms with Crippen LogP contribution in [0.1, 0.15) is 38.7 Å². The fourth-order valence-corrected chi connectivity index (χ4v) is 2.63. The fourth-order valence-electron chi connectivity index (χ4n) is 2.27. The third-order valence-electron chi connectivity index (χ3n) is 3.60. The number of hydrogen-bond acceptors (Lipinski definition) is 3. The molecule has 0 aliphatic heterocycles. The molecule has 0 saturated carbocycles. The molecular weight excluding hydrogens is 332 g/mol. The molecule has 4 nitrogen and oxygen atoms in total. The molecule has 1 atom stereocenters. The molecule has 0 spiro atoms. The predicted molar refractivity (Wildman–Crippen MR) is 87.2 cm³/mol. The van der Waals surface area contributed by atoms with E-state index in [4.69, 9.17) is 10.4 Å². The van der Waals surface area contributed by atoms with Crippen molar-refractivity contribution in [2.45, 2.75) is 33.1 Å². The van der Waals surface area contributed by atoms with E-state index < -0.39 is 5.97 Å². The van der Waals surface area contributed by atoms with Gasteiger partial charge in [-0.1, -0.05) is 29.8 Å². The first-order valence-electron chi connectivity index (χ1n) is 7.09. The van der Waals surface area contributed by atoms with Gasteiger partial charge in [-0.3, -0.25) is 4.79 Å². The molecule has 0 heterocycles. The number of halogens is 1. The molecule has 1 rings (SSSR count). The summed E-state index contributed by atoms with van der Waals surface area (Å²) in [7, 11) is 0. The number of anilines is 1. The number of nitrogens with one attached hydrogen (secondary N) is 1. The van der Waals surface area contributed by atoms with Crippen LogP contribution in [0.2, 0.25) is 0 Å². The van der Waals surface area contributed by atoms with Crippen molar-refractivity contribution in [1.29, 1.82) is 5.26 Å². The molecule has 0 radical (unpaired) electrons. The molecule has 1 unspecified atom stereocenters. The second-order valence-corrected chi connectivity index (χ2v) is 6.37. The van der Waals surface area contributed by atoms with Gasteiger partial charge >= 0.3 is 5.97 Å². The van der Waals surface area contributed by atoms with Crippen LogP contribution < -0.4 is 5.32 Å². The van der Waals surface area contributed by atoms with Crippen LogP contribution in [0.4, 0.5) is 5.69 Å². The largest absolute Gasteiger partial charge is 0.481 e. The standard InChI is InChI=1S/C16H21BrN2O2/c1-11(2)12(4-6-16(20)21)7-8-19-15-9-14(17)5-3-13(15)10-18/h3,5,9,11-12,19H,4,6-8H2,1-2H3,(H,20,21). The van der Waals surface area contributed by atoms with E-state index in [1.807, 2.05) is 12.1 Å². The second kappa shape index (κ2) is 8.68. The van der Waals surface area contributed by atoms with Gasteiger partial charge in [-0.15, -0.1) is 0 Å². The maximum absolute atomic E-state index is 10.7. The molecule has 1 aromatic rings. The summed E-state index contributed by atoms with van der Waals surface area (Å²) in [5, 5.41) is 21.1. The Labute approximate surface area is 134 Å². The molecule has 5 heteroatoms. The molecule has 0 amide bonds. The highest BCUT2D eigenvalue weighted by Gasteiger charge is 2.15. The number of rotatable bonds is 8. The van der Waals surface area contributed by atoms with Gasteiger partial charge in [0, 0.05) is 17.4 Å². The summed E-state index contributed by atoms with van der Waals surface area (Å²) in [6, 6.07) is 7.67. The van der Waals surface area contributed by atoms with Crippen molar-refractivity contribution in [3.63, 3.8) is 0 Å². The third kappa shape index (κ3) is 6.17. The topological polar surface area (TPSA) is 73.1 Å². The van der Waals surface area contributed by atoms with E-state index in [0.717, 1.165) is 23.1 Å². The Morgan fingerprint density at radius 1 is 1.43 bits per heavy atom. The number of aliphatic carboxylic acids is 1. The number of carboxylic acids is 1. The molecule has 0 fully saturated rings. The molecule has 2 N–H and O–H groups in total. The van der Waals surface area contributed by atoms with Crippen LogP contribution >= 0.6 is 15.9 Å². The van der Waals surface area contributed by atoms with Crippen molar-refractivity contribution < 1.29 is 9.90 Å². The summed E-state index contributed by atoms with van der Waals surface area (Å²) in [6.07, 6.45) is 1.80. The Balaban J connectivity index is 2.56. The number of carboxylic acid groups (broad SMARTS) is 1. The molecule has 0 aliphatic carbocycles. The minimum absolute atomic E-state index is 0.211. The molecule has 0 saturated heterocycles. The van der Waals surface area contributed by atoms with Gasteiger partial charge in [0.15, 0.2) is 0 Å². The lowest BCUT2D eigenvalue weighted by Gasteiger charge is -2.20. The average Bonchev–Trinajstić information content (AvgIpc) is 2.42. The van der Waals surface area contributed by atoms with Crippen LogP contribution in [0.25, 0.3) is 0 Å². The lowest BCUT2D eigenvalue weighted by molar-refractivity contribution is -0.137. The summed E-state index contributed by atoms with van der Waals surface area (Å²) in [4.78, 5) is 10.7. The van der Waals surface area contributed by atoms with Gasteiger partial charge in [0.1, 0.15) is 6.07 Å². The van der Waals surface area contributed by atoms with E-state index in [9.17, 15) is 4.79 Å². The minimum atomic E-state index is -0.743. The number of nitriles is 1. The van der Waals surface area contributed by atoms with Crippen LogP contribution in [-0.2, 0) is 4.79 Å². The Hall–Kier alpha value is -1.54. The van der Waals surface area contributed by atoms with Gasteiger partial charge in [0.25, 0.3) is 0 Å². The Kier molecular flexibility index (Phi) is 7.24. The first-order valence-corrected chi connectivity index (χ1v) is 7.88. The fraction of sp³-hybridized carbons (Fsp3) is 0.500. The van der Waals surface area contributed by atoms with E-state index in [1.165, 1.54) is 0 Å². The van der Waals surface area contributed by atoms with E-state index in [-0.39, 0.29) is 6.42 Å². The molecular formula is C16H21BrN2O2. The van der Waals surface area contributed by atoms with Gasteiger partial charge in [0.05, 0.1) is 11.3 Å². The van der Waals surface area contributed by atoms with E-state index in [2.05, 4.69) is 41.2 Å². The van der Waals surface area contributed by atoms with Crippen molar-refractivity contribution in [2.24, 2.45) is 11.8 Å². The summed E-state index contributed by atoms with van der Waals surface area (Å²) >= 11 is 3.40. The number of nitrogens with zero attached hydrogens (tertiary/aromatic N) is 1. The van der Waals surface area contributed by atoms with Gasteiger partial charge in [-0.25, -0.2) is 0 Å². The lowest BCUT2D eigenvalue weighted by atomic mass is 9.88. The first-order chi connectivity index (χ1) is 9.93. The Bertz CT molecular complexity index is 523. The predicted octanol–water partition coefficient (Wildman–Crippen LogP) is 4.26. The van der Waals surface area contributed by atoms with Crippen molar-refractivity contribution in [3.05, 3.63) is 28.2 Å². The van der Waals surface area contributed by atoms with Gasteiger partial charge < -0.3 is 10.4 Å². The monoisotopic (exact) mass is 352 g/mol. The smallest absolute Gasteiger partial charge is 0.303 e. The third-order valence-corrected chi connectivity index (χ3v) is 4.10. The van der Waals surface area contributed by atoms with E-state index in [0.29, 0.717) is 23.8 Å². The number of carbonyl (C=O) groups is 1. The average molecular weight is 353 g/mol. The lowest BCUT2D eigenvalue weighted by Crippen LogP contribution is -2.16. The summed E-state index contributed by atoms with van der Waals surface area (Å²) in [5.74, 6) is 0.0720. The van der Waals surface area contributed by atoms with Gasteiger partial charge in [-0.05, 0) is 42.9 Å². The zero-order chi connectivity index (χ0) is 15.8. The Morgan fingerprint density at radius 2 is 2.14 bits per heavy atom. The minimum Gasteiger partial charge on any atom is -0.481 e. The quantitative estimate of drug-likeness (QED) is 0.732. The number of hydrogen-bond donors (Lipinski definition) is 2. The Morgan fingerprint density at radius 3 is 2.71 bits per heavy atom. The van der Waals surface area contributed by atoms with Gasteiger partial charge in [0.2, 0.25) is 0 Å². The molecule has 0 bridgehead atoms. The zero-order valence-electron chi connectivity index (χ0n) is 12.4. The zero-order valence-corrected chi connectivity index (χ0v) is 14.0. The van der Waals surface area contributed by atoms with Crippen LogP contribution in [-0.4, -0.2) is 17.6 Å². The molecule has 0 aliphatic rings. The highest BCUT2D eigenvalue weighted by molar-refractivity contribution is 9.10. The summed E-state index contributed by atoms with van der Waals surface area (Å²) in [5.41, 5.74) is 1.43. The highest BCUT2D eigenvalue weighted by Crippen LogP contribution is 2.23. The molecule has 21 heavy (non-hydrogen) atoms. The molecule has 114 valence electrons. The van der Waals surface area contributed by atoms with Gasteiger partial charge in [-0.2, -0.15) is 5.26 Å².